The van der Waals surface area contributed by atoms with Crippen molar-refractivity contribution in [1.82, 2.24) is 5.32 Å². The Morgan fingerprint density at radius 1 is 1.14 bits per heavy atom. The summed E-state index contributed by atoms with van der Waals surface area (Å²) in [5.74, 6) is 0.460. The van der Waals surface area contributed by atoms with Crippen molar-refractivity contribution in [1.29, 1.82) is 0 Å². The largest absolute Gasteiger partial charge is 0.497 e. The summed E-state index contributed by atoms with van der Waals surface area (Å²) >= 11 is 0. The number of alkyl carbamates (subject to hydrolysis) is 1. The van der Waals surface area contributed by atoms with Crippen LogP contribution >= 0.6 is 0 Å². The number of amides is 1. The molecular weight excluding hydrogens is 282 g/mol. The van der Waals surface area contributed by atoms with Crippen LogP contribution < -0.4 is 10.1 Å². The van der Waals surface area contributed by atoms with E-state index in [4.69, 9.17) is 9.47 Å². The lowest BCUT2D eigenvalue weighted by Gasteiger charge is -2.23. The number of hydrogen-bond acceptors (Lipinski definition) is 4. The smallest absolute Gasteiger partial charge is 0.408 e. The second-order valence-electron chi connectivity index (χ2n) is 5.62. The molecule has 0 saturated heterocycles. The van der Waals surface area contributed by atoms with Gasteiger partial charge in [0.2, 0.25) is 5.78 Å². The second-order valence-corrected chi connectivity index (χ2v) is 5.62. The minimum absolute atomic E-state index is 0.171. The molecule has 5 nitrogen and oxygen atoms in total. The SMILES string of the molecule is COc1ccc(C(=O)C(C)OC(=O)NC2CCCCC2)cc1. The molecule has 120 valence electrons. The maximum atomic E-state index is 12.2. The number of ketones is 1. The number of carbonyl (C=O) groups is 2. The van der Waals surface area contributed by atoms with Crippen molar-refractivity contribution in [3.05, 3.63) is 29.8 Å². The fourth-order valence-electron chi connectivity index (χ4n) is 2.65. The van der Waals surface area contributed by atoms with Crippen molar-refractivity contribution in [2.24, 2.45) is 0 Å². The lowest BCUT2D eigenvalue weighted by atomic mass is 9.96. The second kappa shape index (κ2) is 7.82. The van der Waals surface area contributed by atoms with Gasteiger partial charge in [0.25, 0.3) is 0 Å². The lowest BCUT2D eigenvalue weighted by molar-refractivity contribution is 0.0658. The first-order chi connectivity index (χ1) is 10.6. The predicted molar refractivity (Wildman–Crippen MR) is 83.3 cm³/mol. The molecule has 1 atom stereocenters. The Labute approximate surface area is 131 Å². The molecule has 0 heterocycles. The number of hydrogen-bond donors (Lipinski definition) is 1. The van der Waals surface area contributed by atoms with Crippen molar-refractivity contribution in [3.8, 4) is 5.75 Å². The summed E-state index contributed by atoms with van der Waals surface area (Å²) in [6, 6.07) is 6.93. The third-order valence-electron chi connectivity index (χ3n) is 3.95. The van der Waals surface area contributed by atoms with E-state index in [0.29, 0.717) is 11.3 Å². The van der Waals surface area contributed by atoms with Crippen LogP contribution in [0.5, 0.6) is 5.75 Å². The number of carbonyl (C=O) groups excluding carboxylic acids is 2. The quantitative estimate of drug-likeness (QED) is 0.848. The first-order valence-electron chi connectivity index (χ1n) is 7.75. The van der Waals surface area contributed by atoms with Gasteiger partial charge in [-0.25, -0.2) is 4.79 Å². The van der Waals surface area contributed by atoms with Crippen molar-refractivity contribution in [3.63, 3.8) is 0 Å². The van der Waals surface area contributed by atoms with E-state index in [1.807, 2.05) is 0 Å². The molecule has 5 heteroatoms. The Morgan fingerprint density at radius 2 is 1.77 bits per heavy atom. The first-order valence-corrected chi connectivity index (χ1v) is 7.75. The summed E-state index contributed by atoms with van der Waals surface area (Å²) in [5.41, 5.74) is 0.499. The first kappa shape index (κ1) is 16.3. The maximum absolute atomic E-state index is 12.2. The molecule has 2 rings (SSSR count). The van der Waals surface area contributed by atoms with Crippen LogP contribution in [-0.4, -0.2) is 31.1 Å². The molecule has 1 aromatic carbocycles. The molecule has 1 saturated carbocycles. The van der Waals surface area contributed by atoms with E-state index in [2.05, 4.69) is 5.32 Å². The summed E-state index contributed by atoms with van der Waals surface area (Å²) in [6.07, 6.45) is 4.13. The molecule has 1 fully saturated rings. The fourth-order valence-corrected chi connectivity index (χ4v) is 2.65. The third-order valence-corrected chi connectivity index (χ3v) is 3.95. The molecule has 1 unspecified atom stereocenters. The summed E-state index contributed by atoms with van der Waals surface area (Å²) in [5, 5.41) is 2.84. The highest BCUT2D eigenvalue weighted by atomic mass is 16.6. The average molecular weight is 305 g/mol. The highest BCUT2D eigenvalue weighted by molar-refractivity contribution is 6.00. The number of rotatable bonds is 5. The molecule has 1 amide bonds. The maximum Gasteiger partial charge on any atom is 0.408 e. The zero-order valence-corrected chi connectivity index (χ0v) is 13.1. The summed E-state index contributed by atoms with van der Waals surface area (Å²) in [7, 11) is 1.57. The van der Waals surface area contributed by atoms with Crippen molar-refractivity contribution in [2.75, 3.05) is 7.11 Å². The van der Waals surface area contributed by atoms with E-state index in [9.17, 15) is 9.59 Å². The van der Waals surface area contributed by atoms with Gasteiger partial charge in [0, 0.05) is 11.6 Å². The van der Waals surface area contributed by atoms with Gasteiger partial charge >= 0.3 is 6.09 Å². The number of ether oxygens (including phenoxy) is 2. The monoisotopic (exact) mass is 305 g/mol. The van der Waals surface area contributed by atoms with Gasteiger partial charge in [-0.3, -0.25) is 4.79 Å². The van der Waals surface area contributed by atoms with Crippen LogP contribution in [0.4, 0.5) is 4.79 Å². The van der Waals surface area contributed by atoms with E-state index in [-0.39, 0.29) is 11.8 Å². The van der Waals surface area contributed by atoms with Crippen molar-refractivity contribution < 1.29 is 19.1 Å². The Balaban J connectivity index is 1.85. The molecule has 1 aromatic rings. The fraction of sp³-hybridized carbons (Fsp3) is 0.529. The van der Waals surface area contributed by atoms with Gasteiger partial charge in [0.1, 0.15) is 5.75 Å². The summed E-state index contributed by atoms with van der Waals surface area (Å²) < 4.78 is 10.2. The third kappa shape index (κ3) is 4.48. The molecule has 0 radical (unpaired) electrons. The molecule has 1 aliphatic carbocycles. The van der Waals surface area contributed by atoms with E-state index < -0.39 is 12.2 Å². The Kier molecular flexibility index (Phi) is 5.81. The zero-order valence-electron chi connectivity index (χ0n) is 13.1. The van der Waals surface area contributed by atoms with Crippen LogP contribution in [-0.2, 0) is 4.74 Å². The van der Waals surface area contributed by atoms with Gasteiger partial charge in [-0.1, -0.05) is 19.3 Å². The zero-order chi connectivity index (χ0) is 15.9. The molecular formula is C17H23NO4. The Hall–Kier alpha value is -2.04. The minimum atomic E-state index is -0.808. The summed E-state index contributed by atoms with van der Waals surface area (Å²) in [6.45, 7) is 1.59. The van der Waals surface area contributed by atoms with Crippen molar-refractivity contribution in [2.45, 2.75) is 51.2 Å². The standard InChI is InChI=1S/C17H23NO4/c1-12(16(19)13-8-10-15(21-2)11-9-13)22-17(20)18-14-6-4-3-5-7-14/h8-12,14H,3-7H2,1-2H3,(H,18,20). The molecule has 22 heavy (non-hydrogen) atoms. The molecule has 1 aliphatic rings. The van der Waals surface area contributed by atoms with Crippen molar-refractivity contribution >= 4 is 11.9 Å². The predicted octanol–water partition coefficient (Wildman–Crippen LogP) is 3.33. The summed E-state index contributed by atoms with van der Waals surface area (Å²) in [4.78, 5) is 24.1. The highest BCUT2D eigenvalue weighted by Gasteiger charge is 2.22. The molecule has 0 aromatic heterocycles. The topological polar surface area (TPSA) is 64.6 Å². The molecule has 0 bridgehead atoms. The van der Waals surface area contributed by atoms with E-state index >= 15 is 0 Å². The highest BCUT2D eigenvalue weighted by Crippen LogP contribution is 2.18. The average Bonchev–Trinajstić information content (AvgIpc) is 2.55. The van der Waals surface area contributed by atoms with Crippen LogP contribution in [0.25, 0.3) is 0 Å². The van der Waals surface area contributed by atoms with Gasteiger partial charge < -0.3 is 14.8 Å². The lowest BCUT2D eigenvalue weighted by Crippen LogP contribution is -2.39. The van der Waals surface area contributed by atoms with Crippen LogP contribution in [0, 0.1) is 0 Å². The number of Topliss-reactive ketones (excluding diaryl/α,β-unsaturated/α-hetero) is 1. The Bertz CT molecular complexity index is 506. The van der Waals surface area contributed by atoms with Gasteiger partial charge in [0.15, 0.2) is 6.10 Å². The number of nitrogens with one attached hydrogen (secondary N) is 1. The van der Waals surface area contributed by atoms with E-state index in [0.717, 1.165) is 25.7 Å². The van der Waals surface area contributed by atoms with Crippen LogP contribution in [0.15, 0.2) is 24.3 Å². The van der Waals surface area contributed by atoms with E-state index in [1.165, 1.54) is 6.42 Å². The minimum Gasteiger partial charge on any atom is -0.497 e. The van der Waals surface area contributed by atoms with Gasteiger partial charge in [-0.2, -0.15) is 0 Å². The molecule has 0 aliphatic heterocycles. The Morgan fingerprint density at radius 3 is 2.36 bits per heavy atom. The van der Waals surface area contributed by atoms with Crippen LogP contribution in [0.3, 0.4) is 0 Å². The van der Waals surface area contributed by atoms with Crippen LogP contribution in [0.1, 0.15) is 49.4 Å². The number of methoxy groups -OCH3 is 1. The molecule has 1 N–H and O–H groups in total. The normalized spacial score (nSPS) is 16.6. The number of benzene rings is 1. The van der Waals surface area contributed by atoms with Gasteiger partial charge in [-0.05, 0) is 44.0 Å². The molecule has 0 spiro atoms. The van der Waals surface area contributed by atoms with E-state index in [1.54, 1.807) is 38.3 Å². The van der Waals surface area contributed by atoms with Gasteiger partial charge in [0.05, 0.1) is 7.11 Å². The van der Waals surface area contributed by atoms with Crippen LogP contribution in [0.2, 0.25) is 0 Å². The van der Waals surface area contributed by atoms with Gasteiger partial charge in [-0.15, -0.1) is 0 Å².